The number of hydrogen-bond acceptors (Lipinski definition) is 6. The molecule has 1 fully saturated rings. The standard InChI is InChI=1S/C21H19ClN2O4S/c1-4-24-19(25)18(12-14-11-15(22)7-10-17(14)27-2)29-21(24)23-16-8-5-13(6-9-16)20(26)28-3/h5-12H,4H2,1-3H3/b18-12-,23-21?. The van der Waals surface area contributed by atoms with Crippen LogP contribution in [0.5, 0.6) is 5.75 Å². The fraction of sp³-hybridized carbons (Fsp3) is 0.190. The number of thioether (sulfide) groups is 1. The molecular weight excluding hydrogens is 412 g/mol. The Bertz CT molecular complexity index is 1000. The summed E-state index contributed by atoms with van der Waals surface area (Å²) in [5, 5.41) is 1.12. The molecule has 1 amide bonds. The van der Waals surface area contributed by atoms with Crippen molar-refractivity contribution < 1.29 is 19.1 Å². The third kappa shape index (κ3) is 4.63. The third-order valence-electron chi connectivity index (χ3n) is 4.20. The number of methoxy groups -OCH3 is 2. The minimum atomic E-state index is -0.412. The summed E-state index contributed by atoms with van der Waals surface area (Å²) in [6.07, 6.45) is 1.75. The summed E-state index contributed by atoms with van der Waals surface area (Å²) in [6, 6.07) is 11.9. The molecule has 8 heteroatoms. The van der Waals surface area contributed by atoms with E-state index in [2.05, 4.69) is 4.99 Å². The Morgan fingerprint density at radius 2 is 1.93 bits per heavy atom. The van der Waals surface area contributed by atoms with Gasteiger partial charge in [0, 0.05) is 17.1 Å². The normalized spacial score (nSPS) is 16.6. The first-order valence-corrected chi connectivity index (χ1v) is 9.98. The highest BCUT2D eigenvalue weighted by atomic mass is 35.5. The summed E-state index contributed by atoms with van der Waals surface area (Å²) in [5.74, 6) is 0.0806. The van der Waals surface area contributed by atoms with Gasteiger partial charge in [-0.25, -0.2) is 9.79 Å². The number of likely N-dealkylation sites (N-methyl/N-ethyl adjacent to an activating group) is 1. The molecular formula is C21H19ClN2O4S. The number of nitrogens with zero attached hydrogens (tertiary/aromatic N) is 2. The van der Waals surface area contributed by atoms with Crippen molar-refractivity contribution in [2.24, 2.45) is 4.99 Å². The van der Waals surface area contributed by atoms with Crippen molar-refractivity contribution in [1.29, 1.82) is 0 Å². The van der Waals surface area contributed by atoms with E-state index >= 15 is 0 Å². The van der Waals surface area contributed by atoms with E-state index < -0.39 is 5.97 Å². The summed E-state index contributed by atoms with van der Waals surface area (Å²) in [5.41, 5.74) is 1.79. The summed E-state index contributed by atoms with van der Waals surface area (Å²) in [7, 11) is 2.90. The Morgan fingerprint density at radius 3 is 2.55 bits per heavy atom. The Morgan fingerprint density at radius 1 is 1.21 bits per heavy atom. The molecule has 3 rings (SSSR count). The second-order valence-electron chi connectivity index (χ2n) is 5.98. The molecule has 0 unspecified atom stereocenters. The van der Waals surface area contributed by atoms with E-state index in [0.717, 1.165) is 5.56 Å². The van der Waals surface area contributed by atoms with Gasteiger partial charge >= 0.3 is 5.97 Å². The average Bonchev–Trinajstić information content (AvgIpc) is 3.02. The number of rotatable bonds is 5. The van der Waals surface area contributed by atoms with Gasteiger partial charge in [0.2, 0.25) is 0 Å². The van der Waals surface area contributed by atoms with Gasteiger partial charge in [0.05, 0.1) is 30.4 Å². The molecule has 0 atom stereocenters. The number of benzene rings is 2. The van der Waals surface area contributed by atoms with E-state index in [9.17, 15) is 9.59 Å². The molecule has 0 N–H and O–H groups in total. The molecule has 0 aliphatic carbocycles. The van der Waals surface area contributed by atoms with Crippen LogP contribution in [0.2, 0.25) is 5.02 Å². The summed E-state index contributed by atoms with van der Waals surface area (Å²) in [4.78, 5) is 31.1. The summed E-state index contributed by atoms with van der Waals surface area (Å²) < 4.78 is 10.1. The number of amidine groups is 1. The predicted molar refractivity (Wildman–Crippen MR) is 116 cm³/mol. The first-order chi connectivity index (χ1) is 14.0. The zero-order valence-corrected chi connectivity index (χ0v) is 17.7. The molecule has 0 bridgehead atoms. The van der Waals surface area contributed by atoms with E-state index in [4.69, 9.17) is 21.1 Å². The number of halogens is 1. The number of carbonyl (C=O) groups excluding carboxylic acids is 2. The van der Waals surface area contributed by atoms with Gasteiger partial charge in [-0.15, -0.1) is 0 Å². The van der Waals surface area contributed by atoms with Crippen LogP contribution >= 0.6 is 23.4 Å². The van der Waals surface area contributed by atoms with Gasteiger partial charge in [0.15, 0.2) is 5.17 Å². The van der Waals surface area contributed by atoms with Crippen molar-refractivity contribution in [3.63, 3.8) is 0 Å². The van der Waals surface area contributed by atoms with Gasteiger partial charge in [0.25, 0.3) is 5.91 Å². The van der Waals surface area contributed by atoms with E-state index in [1.807, 2.05) is 6.92 Å². The predicted octanol–water partition coefficient (Wildman–Crippen LogP) is 4.76. The van der Waals surface area contributed by atoms with E-state index in [0.29, 0.717) is 38.6 Å². The van der Waals surface area contributed by atoms with E-state index in [-0.39, 0.29) is 5.91 Å². The van der Waals surface area contributed by atoms with Crippen LogP contribution in [0.1, 0.15) is 22.8 Å². The van der Waals surface area contributed by atoms with Crippen LogP contribution in [0, 0.1) is 0 Å². The minimum absolute atomic E-state index is 0.135. The zero-order valence-electron chi connectivity index (χ0n) is 16.1. The molecule has 1 heterocycles. The van der Waals surface area contributed by atoms with Crippen molar-refractivity contribution in [2.45, 2.75) is 6.92 Å². The van der Waals surface area contributed by atoms with Gasteiger partial charge in [-0.05, 0) is 67.2 Å². The molecule has 0 saturated carbocycles. The van der Waals surface area contributed by atoms with Gasteiger partial charge in [-0.2, -0.15) is 0 Å². The molecule has 1 aliphatic rings. The summed E-state index contributed by atoms with van der Waals surface area (Å²) in [6.45, 7) is 2.37. The lowest BCUT2D eigenvalue weighted by Gasteiger charge is -2.12. The Labute approximate surface area is 178 Å². The molecule has 150 valence electrons. The van der Waals surface area contributed by atoms with Crippen LogP contribution in [0.3, 0.4) is 0 Å². The third-order valence-corrected chi connectivity index (χ3v) is 5.44. The smallest absolute Gasteiger partial charge is 0.337 e. The van der Waals surface area contributed by atoms with E-state index in [1.54, 1.807) is 60.6 Å². The average molecular weight is 431 g/mol. The maximum absolute atomic E-state index is 12.8. The Hall–Kier alpha value is -2.77. The van der Waals surface area contributed by atoms with E-state index in [1.165, 1.54) is 18.9 Å². The second kappa shape index (κ2) is 9.15. The van der Waals surface area contributed by atoms with Crippen molar-refractivity contribution >= 4 is 52.2 Å². The minimum Gasteiger partial charge on any atom is -0.496 e. The number of ether oxygens (including phenoxy) is 2. The SMILES string of the molecule is CCN1C(=O)/C(=C/c2cc(Cl)ccc2OC)SC1=Nc1ccc(C(=O)OC)cc1. The molecule has 29 heavy (non-hydrogen) atoms. The fourth-order valence-corrected chi connectivity index (χ4v) is 3.96. The number of aliphatic imine (C=N–C) groups is 1. The zero-order chi connectivity index (χ0) is 21.0. The monoisotopic (exact) mass is 430 g/mol. The fourth-order valence-electron chi connectivity index (χ4n) is 2.73. The van der Waals surface area contributed by atoms with Gasteiger partial charge in [0.1, 0.15) is 5.75 Å². The number of carbonyl (C=O) groups is 2. The Kier molecular flexibility index (Phi) is 6.61. The highest BCUT2D eigenvalue weighted by Gasteiger charge is 2.32. The van der Waals surface area contributed by atoms with Crippen LogP contribution in [0.25, 0.3) is 6.08 Å². The molecule has 1 saturated heterocycles. The number of esters is 1. The van der Waals surface area contributed by atoms with Crippen molar-refractivity contribution in [2.75, 3.05) is 20.8 Å². The van der Waals surface area contributed by atoms with Crippen molar-refractivity contribution in [3.05, 3.63) is 63.5 Å². The van der Waals surface area contributed by atoms with Gasteiger partial charge in [-0.1, -0.05) is 11.6 Å². The van der Waals surface area contributed by atoms with Crippen molar-refractivity contribution in [1.82, 2.24) is 4.90 Å². The lowest BCUT2D eigenvalue weighted by atomic mass is 10.2. The maximum atomic E-state index is 12.8. The van der Waals surface area contributed by atoms with Gasteiger partial charge in [-0.3, -0.25) is 9.69 Å². The highest BCUT2D eigenvalue weighted by molar-refractivity contribution is 8.18. The maximum Gasteiger partial charge on any atom is 0.337 e. The number of hydrogen-bond donors (Lipinski definition) is 0. The molecule has 1 aliphatic heterocycles. The van der Waals surface area contributed by atoms with Crippen LogP contribution in [0.4, 0.5) is 5.69 Å². The topological polar surface area (TPSA) is 68.2 Å². The largest absolute Gasteiger partial charge is 0.496 e. The lowest BCUT2D eigenvalue weighted by Crippen LogP contribution is -2.28. The molecule has 0 radical (unpaired) electrons. The number of amides is 1. The second-order valence-corrected chi connectivity index (χ2v) is 7.42. The molecule has 6 nitrogen and oxygen atoms in total. The quantitative estimate of drug-likeness (QED) is 0.505. The van der Waals surface area contributed by atoms with Crippen LogP contribution < -0.4 is 4.74 Å². The van der Waals surface area contributed by atoms with Crippen LogP contribution in [0.15, 0.2) is 52.4 Å². The Balaban J connectivity index is 1.92. The highest BCUT2D eigenvalue weighted by Crippen LogP contribution is 2.36. The lowest BCUT2D eigenvalue weighted by molar-refractivity contribution is -0.122. The first-order valence-electron chi connectivity index (χ1n) is 8.78. The van der Waals surface area contributed by atoms with Crippen LogP contribution in [-0.4, -0.2) is 42.7 Å². The molecule has 0 spiro atoms. The molecule has 2 aromatic carbocycles. The molecule has 0 aromatic heterocycles. The van der Waals surface area contributed by atoms with Gasteiger partial charge < -0.3 is 9.47 Å². The van der Waals surface area contributed by atoms with Crippen molar-refractivity contribution in [3.8, 4) is 5.75 Å². The first kappa shape index (κ1) is 21.0. The van der Waals surface area contributed by atoms with Crippen LogP contribution in [-0.2, 0) is 9.53 Å². The summed E-state index contributed by atoms with van der Waals surface area (Å²) >= 11 is 7.37. The molecule has 2 aromatic rings.